The number of amides is 3. The summed E-state index contributed by atoms with van der Waals surface area (Å²) in [6.45, 7) is 2.10. The predicted octanol–water partition coefficient (Wildman–Crippen LogP) is 0.853. The molecule has 0 bridgehead atoms. The average Bonchev–Trinajstić information content (AvgIpc) is 3.04. The molecule has 1 aromatic rings. The number of nitrogens with one attached hydrogen (secondary N) is 2. The molecular weight excluding hydrogens is 314 g/mol. The Morgan fingerprint density at radius 2 is 2.04 bits per heavy atom. The summed E-state index contributed by atoms with van der Waals surface area (Å²) in [7, 11) is 0. The SMILES string of the molecule is O=C(NCCNC(=O)[C@H]1CC(=O)N(CC2CC2)C1)c1cccs1. The molecule has 2 N–H and O–H groups in total. The minimum Gasteiger partial charge on any atom is -0.354 e. The minimum absolute atomic E-state index is 0.0862. The molecule has 3 amide bonds. The summed E-state index contributed by atoms with van der Waals surface area (Å²) < 4.78 is 0. The van der Waals surface area contributed by atoms with E-state index in [0.29, 0.717) is 36.9 Å². The Bertz CT molecular complexity index is 583. The molecule has 2 fully saturated rings. The summed E-state index contributed by atoms with van der Waals surface area (Å²) >= 11 is 1.38. The topological polar surface area (TPSA) is 78.5 Å². The van der Waals surface area contributed by atoms with Crippen LogP contribution in [-0.4, -0.2) is 48.8 Å². The second-order valence-electron chi connectivity index (χ2n) is 6.17. The molecular formula is C16H21N3O3S. The van der Waals surface area contributed by atoms with Crippen LogP contribution in [0.4, 0.5) is 0 Å². The van der Waals surface area contributed by atoms with Gasteiger partial charge in [-0.05, 0) is 30.2 Å². The molecule has 2 aliphatic rings. The summed E-state index contributed by atoms with van der Waals surface area (Å²) in [5.41, 5.74) is 0. The molecule has 23 heavy (non-hydrogen) atoms. The highest BCUT2D eigenvalue weighted by atomic mass is 32.1. The van der Waals surface area contributed by atoms with Crippen LogP contribution < -0.4 is 10.6 Å². The van der Waals surface area contributed by atoms with Crippen molar-refractivity contribution in [2.24, 2.45) is 11.8 Å². The maximum Gasteiger partial charge on any atom is 0.261 e. The number of hydrogen-bond acceptors (Lipinski definition) is 4. The van der Waals surface area contributed by atoms with Crippen molar-refractivity contribution in [1.82, 2.24) is 15.5 Å². The highest BCUT2D eigenvalue weighted by molar-refractivity contribution is 7.12. The second kappa shape index (κ2) is 7.12. The second-order valence-corrected chi connectivity index (χ2v) is 7.12. The Balaban J connectivity index is 1.34. The van der Waals surface area contributed by atoms with E-state index in [0.717, 1.165) is 6.54 Å². The molecule has 2 heterocycles. The van der Waals surface area contributed by atoms with Crippen LogP contribution in [0.1, 0.15) is 28.9 Å². The molecule has 0 unspecified atom stereocenters. The molecule has 1 saturated heterocycles. The summed E-state index contributed by atoms with van der Waals surface area (Å²) in [4.78, 5) is 38.2. The van der Waals surface area contributed by atoms with Crippen molar-refractivity contribution >= 4 is 29.1 Å². The van der Waals surface area contributed by atoms with Crippen LogP contribution in [0.15, 0.2) is 17.5 Å². The minimum atomic E-state index is -0.255. The van der Waals surface area contributed by atoms with E-state index >= 15 is 0 Å². The number of carbonyl (C=O) groups is 3. The summed E-state index contributed by atoms with van der Waals surface area (Å²) in [6, 6.07) is 3.59. The third-order valence-corrected chi connectivity index (χ3v) is 5.08. The van der Waals surface area contributed by atoms with E-state index in [1.165, 1.54) is 24.2 Å². The predicted molar refractivity (Wildman–Crippen MR) is 87.1 cm³/mol. The molecule has 0 spiro atoms. The van der Waals surface area contributed by atoms with Crippen molar-refractivity contribution in [3.05, 3.63) is 22.4 Å². The van der Waals surface area contributed by atoms with E-state index in [4.69, 9.17) is 0 Å². The van der Waals surface area contributed by atoms with Gasteiger partial charge in [0.1, 0.15) is 0 Å². The van der Waals surface area contributed by atoms with Crippen molar-refractivity contribution in [3.8, 4) is 0 Å². The van der Waals surface area contributed by atoms with Gasteiger partial charge in [-0.3, -0.25) is 14.4 Å². The van der Waals surface area contributed by atoms with Crippen molar-refractivity contribution in [3.63, 3.8) is 0 Å². The fourth-order valence-electron chi connectivity index (χ4n) is 2.74. The molecule has 1 aromatic heterocycles. The molecule has 1 aliphatic carbocycles. The van der Waals surface area contributed by atoms with Crippen LogP contribution >= 0.6 is 11.3 Å². The van der Waals surface area contributed by atoms with Gasteiger partial charge in [0.15, 0.2) is 0 Å². The van der Waals surface area contributed by atoms with E-state index in [1.807, 2.05) is 16.3 Å². The smallest absolute Gasteiger partial charge is 0.261 e. The van der Waals surface area contributed by atoms with Crippen LogP contribution in [0, 0.1) is 11.8 Å². The van der Waals surface area contributed by atoms with Crippen LogP contribution in [0.2, 0.25) is 0 Å². The van der Waals surface area contributed by atoms with Gasteiger partial charge in [0.25, 0.3) is 5.91 Å². The zero-order valence-corrected chi connectivity index (χ0v) is 13.7. The third-order valence-electron chi connectivity index (χ3n) is 4.22. The molecule has 1 aliphatic heterocycles. The van der Waals surface area contributed by atoms with E-state index < -0.39 is 0 Å². The maximum absolute atomic E-state index is 12.1. The summed E-state index contributed by atoms with van der Waals surface area (Å²) in [5, 5.41) is 7.42. The first-order valence-corrected chi connectivity index (χ1v) is 8.88. The zero-order chi connectivity index (χ0) is 16.2. The number of likely N-dealkylation sites (tertiary alicyclic amines) is 1. The Morgan fingerprint density at radius 3 is 2.74 bits per heavy atom. The lowest BCUT2D eigenvalue weighted by Gasteiger charge is -2.16. The number of hydrogen-bond donors (Lipinski definition) is 2. The maximum atomic E-state index is 12.1. The van der Waals surface area contributed by atoms with E-state index in [9.17, 15) is 14.4 Å². The lowest BCUT2D eigenvalue weighted by molar-refractivity contribution is -0.129. The highest BCUT2D eigenvalue weighted by Crippen LogP contribution is 2.31. The van der Waals surface area contributed by atoms with Gasteiger partial charge in [0, 0.05) is 32.6 Å². The highest BCUT2D eigenvalue weighted by Gasteiger charge is 2.36. The van der Waals surface area contributed by atoms with Crippen molar-refractivity contribution in [2.75, 3.05) is 26.2 Å². The molecule has 1 atom stereocenters. The van der Waals surface area contributed by atoms with E-state index in [1.54, 1.807) is 6.07 Å². The zero-order valence-electron chi connectivity index (χ0n) is 12.9. The van der Waals surface area contributed by atoms with Gasteiger partial charge in [-0.15, -0.1) is 11.3 Å². The summed E-state index contributed by atoms with van der Waals surface area (Å²) in [5.74, 6) is 0.258. The number of rotatable bonds is 7. The molecule has 124 valence electrons. The van der Waals surface area contributed by atoms with Gasteiger partial charge in [0.2, 0.25) is 11.8 Å². The fourth-order valence-corrected chi connectivity index (χ4v) is 3.38. The Kier molecular flexibility index (Phi) is 4.95. The summed E-state index contributed by atoms with van der Waals surface area (Å²) in [6.07, 6.45) is 2.70. The molecule has 0 radical (unpaired) electrons. The van der Waals surface area contributed by atoms with Crippen molar-refractivity contribution in [2.45, 2.75) is 19.3 Å². The third kappa shape index (κ3) is 4.31. The molecule has 1 saturated carbocycles. The van der Waals surface area contributed by atoms with Gasteiger partial charge in [-0.1, -0.05) is 6.07 Å². The fraction of sp³-hybridized carbons (Fsp3) is 0.562. The first-order chi connectivity index (χ1) is 11.1. The molecule has 3 rings (SSSR count). The normalized spacial score (nSPS) is 20.6. The Morgan fingerprint density at radius 1 is 1.26 bits per heavy atom. The van der Waals surface area contributed by atoms with Crippen LogP contribution in [0.3, 0.4) is 0 Å². The molecule has 0 aromatic carbocycles. The number of carbonyl (C=O) groups excluding carboxylic acids is 3. The lowest BCUT2D eigenvalue weighted by Crippen LogP contribution is -2.38. The molecule has 6 nitrogen and oxygen atoms in total. The number of nitrogens with zero attached hydrogens (tertiary/aromatic N) is 1. The first kappa shape index (κ1) is 16.0. The quantitative estimate of drug-likeness (QED) is 0.725. The van der Waals surface area contributed by atoms with Gasteiger partial charge in [-0.2, -0.15) is 0 Å². The largest absolute Gasteiger partial charge is 0.354 e. The van der Waals surface area contributed by atoms with Gasteiger partial charge in [-0.25, -0.2) is 0 Å². The number of thiophene rings is 1. The van der Waals surface area contributed by atoms with Gasteiger partial charge < -0.3 is 15.5 Å². The lowest BCUT2D eigenvalue weighted by atomic mass is 10.1. The molecule has 7 heteroatoms. The van der Waals surface area contributed by atoms with E-state index in [2.05, 4.69) is 10.6 Å². The Hall–Kier alpha value is -1.89. The van der Waals surface area contributed by atoms with Crippen LogP contribution in [0.25, 0.3) is 0 Å². The van der Waals surface area contributed by atoms with Gasteiger partial charge >= 0.3 is 0 Å². The van der Waals surface area contributed by atoms with Crippen molar-refractivity contribution < 1.29 is 14.4 Å². The van der Waals surface area contributed by atoms with Crippen LogP contribution in [-0.2, 0) is 9.59 Å². The van der Waals surface area contributed by atoms with Crippen molar-refractivity contribution in [1.29, 1.82) is 0 Å². The first-order valence-electron chi connectivity index (χ1n) is 8.00. The Labute approximate surface area is 139 Å². The standard InChI is InChI=1S/C16H21N3O3S/c20-14-8-12(10-19(14)9-11-3-4-11)15(21)17-5-6-18-16(22)13-2-1-7-23-13/h1-2,7,11-12H,3-6,8-10H2,(H,17,21)(H,18,22)/t12-/m0/s1. The van der Waals surface area contributed by atoms with Crippen LogP contribution in [0.5, 0.6) is 0 Å². The van der Waals surface area contributed by atoms with E-state index in [-0.39, 0.29) is 23.6 Å². The van der Waals surface area contributed by atoms with Gasteiger partial charge in [0.05, 0.1) is 10.8 Å². The average molecular weight is 335 g/mol. The monoisotopic (exact) mass is 335 g/mol.